The molecule has 1 rings (SSSR count). The van der Waals surface area contributed by atoms with Crippen LogP contribution >= 0.6 is 27.7 Å². The van der Waals surface area contributed by atoms with Crippen molar-refractivity contribution >= 4 is 33.6 Å². The Morgan fingerprint density at radius 3 is 2.84 bits per heavy atom. The van der Waals surface area contributed by atoms with Crippen LogP contribution in [0.3, 0.4) is 0 Å². The number of carbonyl (C=O) groups is 1. The number of aryl methyl sites for hydroxylation is 1. The third kappa shape index (κ3) is 5.97. The Morgan fingerprint density at radius 2 is 2.26 bits per heavy atom. The number of hydrogen-bond donors (Lipinski definition) is 2. The van der Waals surface area contributed by atoms with E-state index in [4.69, 9.17) is 5.11 Å². The maximum absolute atomic E-state index is 11.8. The predicted molar refractivity (Wildman–Crippen MR) is 83.5 cm³/mol. The summed E-state index contributed by atoms with van der Waals surface area (Å²) in [6.45, 7) is 4.15. The van der Waals surface area contributed by atoms with E-state index in [1.165, 1.54) is 11.8 Å². The molecule has 1 amide bonds. The minimum absolute atomic E-state index is 0.0209. The number of rotatable bonds is 7. The van der Waals surface area contributed by atoms with Crippen molar-refractivity contribution in [1.82, 2.24) is 5.32 Å². The zero-order chi connectivity index (χ0) is 14.3. The van der Waals surface area contributed by atoms with Gasteiger partial charge in [0.25, 0.3) is 0 Å². The van der Waals surface area contributed by atoms with Crippen molar-refractivity contribution in [2.24, 2.45) is 0 Å². The van der Waals surface area contributed by atoms with Crippen LogP contribution < -0.4 is 5.32 Å². The lowest BCUT2D eigenvalue weighted by Crippen LogP contribution is -2.36. The first-order chi connectivity index (χ1) is 9.06. The van der Waals surface area contributed by atoms with E-state index in [0.717, 1.165) is 21.4 Å². The summed E-state index contributed by atoms with van der Waals surface area (Å²) in [5.41, 5.74) is 1.16. The second-order valence-electron chi connectivity index (χ2n) is 4.38. The molecule has 0 aliphatic heterocycles. The molecule has 1 unspecified atom stereocenters. The van der Waals surface area contributed by atoms with Crippen molar-refractivity contribution in [1.29, 1.82) is 0 Å². The average Bonchev–Trinajstić information content (AvgIpc) is 2.37. The Balaban J connectivity index is 2.45. The molecule has 0 fully saturated rings. The van der Waals surface area contributed by atoms with Gasteiger partial charge in [-0.3, -0.25) is 4.79 Å². The van der Waals surface area contributed by atoms with Crippen LogP contribution in [-0.4, -0.2) is 29.4 Å². The zero-order valence-electron chi connectivity index (χ0n) is 11.3. The highest BCUT2D eigenvalue weighted by molar-refractivity contribution is 9.10. The van der Waals surface area contributed by atoms with Gasteiger partial charge in [-0.15, -0.1) is 11.8 Å². The van der Waals surface area contributed by atoms with E-state index >= 15 is 0 Å². The van der Waals surface area contributed by atoms with Gasteiger partial charge in [0, 0.05) is 22.0 Å². The number of thioether (sulfide) groups is 1. The third-order valence-electron chi connectivity index (χ3n) is 2.83. The number of hydrogen-bond acceptors (Lipinski definition) is 3. The fourth-order valence-electron chi connectivity index (χ4n) is 1.72. The highest BCUT2D eigenvalue weighted by atomic mass is 79.9. The molecule has 0 radical (unpaired) electrons. The second kappa shape index (κ2) is 8.61. The van der Waals surface area contributed by atoms with Gasteiger partial charge in [0.05, 0.1) is 5.75 Å². The molecule has 0 bridgehead atoms. The molecule has 106 valence electrons. The monoisotopic (exact) mass is 345 g/mol. The Labute approximate surface area is 127 Å². The lowest BCUT2D eigenvalue weighted by Gasteiger charge is -2.15. The summed E-state index contributed by atoms with van der Waals surface area (Å²) in [5, 5.41) is 11.8. The van der Waals surface area contributed by atoms with Gasteiger partial charge < -0.3 is 10.4 Å². The Morgan fingerprint density at radius 1 is 1.53 bits per heavy atom. The van der Waals surface area contributed by atoms with E-state index in [0.29, 0.717) is 12.2 Å². The van der Waals surface area contributed by atoms with E-state index in [9.17, 15) is 4.79 Å². The van der Waals surface area contributed by atoms with Crippen LogP contribution in [0.2, 0.25) is 0 Å². The van der Waals surface area contributed by atoms with Crippen molar-refractivity contribution in [2.75, 3.05) is 12.4 Å². The molecular formula is C14H20BrNO2S. The summed E-state index contributed by atoms with van der Waals surface area (Å²) in [6, 6.07) is 6.11. The minimum atomic E-state index is 0.0209. The Bertz CT molecular complexity index is 426. The highest BCUT2D eigenvalue weighted by Crippen LogP contribution is 2.25. The molecule has 0 aliphatic rings. The molecule has 0 saturated heterocycles. The topological polar surface area (TPSA) is 49.3 Å². The lowest BCUT2D eigenvalue weighted by atomic mass is 10.1. The van der Waals surface area contributed by atoms with Crippen LogP contribution in [0.5, 0.6) is 0 Å². The number of halogens is 1. The molecule has 0 saturated carbocycles. The quantitative estimate of drug-likeness (QED) is 0.746. The second-order valence-corrected chi connectivity index (χ2v) is 6.32. The first kappa shape index (κ1) is 16.5. The smallest absolute Gasteiger partial charge is 0.230 e. The standard InChI is InChI=1S/C14H20BrNO2S/c1-3-12(6-7-17)16-14(18)9-19-13-5-4-11(15)8-10(13)2/h4-5,8,12,17H,3,6-7,9H2,1-2H3,(H,16,18). The first-order valence-corrected chi connectivity index (χ1v) is 8.13. The number of benzene rings is 1. The summed E-state index contributed by atoms with van der Waals surface area (Å²) in [7, 11) is 0. The number of aliphatic hydroxyl groups excluding tert-OH is 1. The first-order valence-electron chi connectivity index (χ1n) is 6.36. The summed E-state index contributed by atoms with van der Waals surface area (Å²) in [5.74, 6) is 0.428. The van der Waals surface area contributed by atoms with Crippen molar-refractivity contribution in [2.45, 2.75) is 37.6 Å². The molecule has 0 spiro atoms. The summed E-state index contributed by atoms with van der Waals surface area (Å²) in [4.78, 5) is 12.9. The van der Waals surface area contributed by atoms with Gasteiger partial charge in [0.1, 0.15) is 0 Å². The molecular weight excluding hydrogens is 326 g/mol. The van der Waals surface area contributed by atoms with Crippen LogP contribution in [0.4, 0.5) is 0 Å². The van der Waals surface area contributed by atoms with Crippen LogP contribution in [-0.2, 0) is 4.79 Å². The fraction of sp³-hybridized carbons (Fsp3) is 0.500. The van der Waals surface area contributed by atoms with Crippen LogP contribution in [0.1, 0.15) is 25.3 Å². The van der Waals surface area contributed by atoms with E-state index in [1.54, 1.807) is 0 Å². The average molecular weight is 346 g/mol. The van der Waals surface area contributed by atoms with Gasteiger partial charge in [-0.05, 0) is 43.5 Å². The van der Waals surface area contributed by atoms with Gasteiger partial charge in [-0.2, -0.15) is 0 Å². The molecule has 5 heteroatoms. The highest BCUT2D eigenvalue weighted by Gasteiger charge is 2.10. The third-order valence-corrected chi connectivity index (χ3v) is 4.50. The SMILES string of the molecule is CCC(CCO)NC(=O)CSc1ccc(Br)cc1C. The largest absolute Gasteiger partial charge is 0.396 e. The van der Waals surface area contributed by atoms with Crippen LogP contribution in [0.15, 0.2) is 27.6 Å². The number of amides is 1. The number of nitrogens with one attached hydrogen (secondary N) is 1. The number of carbonyl (C=O) groups excluding carboxylic acids is 1. The molecule has 0 aromatic heterocycles. The maximum atomic E-state index is 11.8. The molecule has 1 atom stereocenters. The van der Waals surface area contributed by atoms with E-state index < -0.39 is 0 Å². The van der Waals surface area contributed by atoms with Gasteiger partial charge in [0.2, 0.25) is 5.91 Å². The van der Waals surface area contributed by atoms with Crippen LogP contribution in [0.25, 0.3) is 0 Å². The van der Waals surface area contributed by atoms with Crippen molar-refractivity contribution < 1.29 is 9.90 Å². The van der Waals surface area contributed by atoms with Gasteiger partial charge in [0.15, 0.2) is 0 Å². The maximum Gasteiger partial charge on any atom is 0.230 e. The molecule has 2 N–H and O–H groups in total. The Hall–Kier alpha value is -0.520. The molecule has 1 aromatic rings. The van der Waals surface area contributed by atoms with Crippen LogP contribution in [0, 0.1) is 6.92 Å². The van der Waals surface area contributed by atoms with E-state index in [1.807, 2.05) is 32.0 Å². The molecule has 1 aromatic carbocycles. The summed E-state index contributed by atoms with van der Waals surface area (Å²) >= 11 is 4.96. The zero-order valence-corrected chi connectivity index (χ0v) is 13.7. The summed E-state index contributed by atoms with van der Waals surface area (Å²) in [6.07, 6.45) is 1.46. The number of aliphatic hydroxyl groups is 1. The molecule has 0 heterocycles. The normalized spacial score (nSPS) is 12.2. The van der Waals surface area contributed by atoms with Gasteiger partial charge in [-0.25, -0.2) is 0 Å². The molecule has 19 heavy (non-hydrogen) atoms. The summed E-state index contributed by atoms with van der Waals surface area (Å²) < 4.78 is 1.05. The molecule has 0 aliphatic carbocycles. The molecule has 3 nitrogen and oxygen atoms in total. The van der Waals surface area contributed by atoms with Gasteiger partial charge >= 0.3 is 0 Å². The van der Waals surface area contributed by atoms with Gasteiger partial charge in [-0.1, -0.05) is 22.9 Å². The minimum Gasteiger partial charge on any atom is -0.396 e. The lowest BCUT2D eigenvalue weighted by molar-refractivity contribution is -0.119. The van der Waals surface area contributed by atoms with Crippen molar-refractivity contribution in [3.8, 4) is 0 Å². The predicted octanol–water partition coefficient (Wildman–Crippen LogP) is 3.13. The van der Waals surface area contributed by atoms with E-state index in [2.05, 4.69) is 21.2 Å². The van der Waals surface area contributed by atoms with Crippen molar-refractivity contribution in [3.63, 3.8) is 0 Å². The van der Waals surface area contributed by atoms with E-state index in [-0.39, 0.29) is 18.6 Å². The Kier molecular flexibility index (Phi) is 7.49. The fourth-order valence-corrected chi connectivity index (χ4v) is 3.02. The van der Waals surface area contributed by atoms with Crippen molar-refractivity contribution in [3.05, 3.63) is 28.2 Å².